The van der Waals surface area contributed by atoms with E-state index in [9.17, 15) is 0 Å². The summed E-state index contributed by atoms with van der Waals surface area (Å²) in [5.41, 5.74) is 9.42. The second-order valence-electron chi connectivity index (χ2n) is 7.38. The highest BCUT2D eigenvalue weighted by atomic mass is 15.0. The minimum Gasteiger partial charge on any atom is -0.290 e. The zero-order chi connectivity index (χ0) is 18.2. The Kier molecular flexibility index (Phi) is 2.51. The van der Waals surface area contributed by atoms with Gasteiger partial charge in [0.2, 0.25) is 0 Å². The average molecular weight is 358 g/mol. The van der Waals surface area contributed by atoms with Gasteiger partial charge in [-0.25, -0.2) is 4.98 Å². The standard InChI is InChI=1S/C24H14N4/c1-2-4-16-14(3-1)11-15-5-6-18-17-7-9-26-13-21(17)28-20-8-10-25-12-19(20)27-24(28)23(18)22(15)16/h1-10,12-13H,11H2. The van der Waals surface area contributed by atoms with Gasteiger partial charge in [0.15, 0.2) is 0 Å². The lowest BCUT2D eigenvalue weighted by atomic mass is 9.96. The molecule has 0 N–H and O–H groups in total. The predicted molar refractivity (Wildman–Crippen MR) is 112 cm³/mol. The van der Waals surface area contributed by atoms with Crippen LogP contribution in [-0.2, 0) is 6.42 Å². The Morgan fingerprint density at radius 1 is 0.750 bits per heavy atom. The Hall–Kier alpha value is -3.79. The maximum absolute atomic E-state index is 5.02. The van der Waals surface area contributed by atoms with E-state index in [1.807, 2.05) is 30.9 Å². The SMILES string of the molecule is c1ccc2c(c1)Cc1ccc3c4ccncc4n4c5ccncc5nc4c3c1-2. The van der Waals surface area contributed by atoms with Crippen LogP contribution < -0.4 is 0 Å². The van der Waals surface area contributed by atoms with Gasteiger partial charge >= 0.3 is 0 Å². The number of hydrogen-bond acceptors (Lipinski definition) is 3. The van der Waals surface area contributed by atoms with Crippen molar-refractivity contribution in [2.24, 2.45) is 0 Å². The number of pyridine rings is 3. The molecule has 0 radical (unpaired) electrons. The van der Waals surface area contributed by atoms with Crippen molar-refractivity contribution in [1.82, 2.24) is 19.4 Å². The molecule has 0 aliphatic heterocycles. The molecule has 28 heavy (non-hydrogen) atoms. The lowest BCUT2D eigenvalue weighted by Crippen LogP contribution is -1.94. The van der Waals surface area contributed by atoms with Gasteiger partial charge in [-0.15, -0.1) is 0 Å². The van der Waals surface area contributed by atoms with Gasteiger partial charge in [-0.2, -0.15) is 0 Å². The van der Waals surface area contributed by atoms with Crippen molar-refractivity contribution in [1.29, 1.82) is 0 Å². The maximum atomic E-state index is 5.02. The highest BCUT2D eigenvalue weighted by Gasteiger charge is 2.24. The van der Waals surface area contributed by atoms with Gasteiger partial charge < -0.3 is 0 Å². The van der Waals surface area contributed by atoms with Gasteiger partial charge in [-0.05, 0) is 46.2 Å². The molecule has 1 aliphatic carbocycles. The first-order valence-corrected chi connectivity index (χ1v) is 9.42. The fraction of sp³-hybridized carbons (Fsp3) is 0.0417. The minimum atomic E-state index is 0.907. The fourth-order valence-electron chi connectivity index (χ4n) is 4.82. The quantitative estimate of drug-likeness (QED) is 0.352. The Bertz CT molecular complexity index is 1590. The van der Waals surface area contributed by atoms with E-state index in [1.165, 1.54) is 38.4 Å². The van der Waals surface area contributed by atoms with Crippen LogP contribution in [0, 0.1) is 0 Å². The first-order valence-electron chi connectivity index (χ1n) is 9.42. The van der Waals surface area contributed by atoms with Gasteiger partial charge in [0.1, 0.15) is 11.2 Å². The van der Waals surface area contributed by atoms with Crippen LogP contribution in [0.5, 0.6) is 0 Å². The molecule has 130 valence electrons. The first-order chi connectivity index (χ1) is 13.9. The molecular weight excluding hydrogens is 344 g/mol. The average Bonchev–Trinajstić information content (AvgIpc) is 3.32. The molecule has 0 amide bonds. The van der Waals surface area contributed by atoms with E-state index in [1.54, 1.807) is 0 Å². The summed E-state index contributed by atoms with van der Waals surface area (Å²) in [5.74, 6) is 0. The molecule has 4 nitrogen and oxygen atoms in total. The monoisotopic (exact) mass is 358 g/mol. The topological polar surface area (TPSA) is 43.1 Å². The molecule has 0 unspecified atom stereocenters. The van der Waals surface area contributed by atoms with Gasteiger partial charge in [0, 0.05) is 23.2 Å². The van der Waals surface area contributed by atoms with E-state index in [0.29, 0.717) is 0 Å². The normalized spacial score (nSPS) is 12.9. The maximum Gasteiger partial charge on any atom is 0.147 e. The van der Waals surface area contributed by atoms with Crippen LogP contribution in [0.3, 0.4) is 0 Å². The second-order valence-corrected chi connectivity index (χ2v) is 7.38. The largest absolute Gasteiger partial charge is 0.290 e. The number of imidazole rings is 1. The number of fused-ring (bicyclic) bond motifs is 12. The van der Waals surface area contributed by atoms with Gasteiger partial charge in [-0.3, -0.25) is 14.4 Å². The first kappa shape index (κ1) is 14.3. The number of benzene rings is 2. The Morgan fingerprint density at radius 3 is 2.64 bits per heavy atom. The fourth-order valence-corrected chi connectivity index (χ4v) is 4.82. The van der Waals surface area contributed by atoms with Crippen molar-refractivity contribution < 1.29 is 0 Å². The highest BCUT2D eigenvalue weighted by molar-refractivity contribution is 6.19. The number of aromatic nitrogens is 4. The third-order valence-electron chi connectivity index (χ3n) is 5.97. The van der Waals surface area contributed by atoms with Crippen LogP contribution in [0.4, 0.5) is 0 Å². The lowest BCUT2D eigenvalue weighted by Gasteiger charge is -2.12. The molecule has 0 saturated carbocycles. The summed E-state index contributed by atoms with van der Waals surface area (Å²) in [7, 11) is 0. The summed E-state index contributed by atoms with van der Waals surface area (Å²) in [4.78, 5) is 13.7. The molecule has 7 rings (SSSR count). The summed E-state index contributed by atoms with van der Waals surface area (Å²) < 4.78 is 2.24. The number of rotatable bonds is 0. The van der Waals surface area contributed by atoms with E-state index in [2.05, 4.69) is 56.8 Å². The third kappa shape index (κ3) is 1.63. The van der Waals surface area contributed by atoms with Crippen LogP contribution in [0.1, 0.15) is 11.1 Å². The van der Waals surface area contributed by atoms with E-state index in [0.717, 1.165) is 28.6 Å². The van der Waals surface area contributed by atoms with Gasteiger partial charge in [0.25, 0.3) is 0 Å². The summed E-state index contributed by atoms with van der Waals surface area (Å²) in [6.07, 6.45) is 8.45. The third-order valence-corrected chi connectivity index (χ3v) is 5.97. The van der Waals surface area contributed by atoms with Crippen molar-refractivity contribution in [3.63, 3.8) is 0 Å². The van der Waals surface area contributed by atoms with E-state index in [4.69, 9.17) is 4.98 Å². The Morgan fingerprint density at radius 2 is 1.64 bits per heavy atom. The van der Waals surface area contributed by atoms with Crippen molar-refractivity contribution in [3.8, 4) is 11.1 Å². The molecule has 4 heterocycles. The van der Waals surface area contributed by atoms with Crippen molar-refractivity contribution >= 4 is 38.4 Å². The number of nitrogens with zero attached hydrogens (tertiary/aromatic N) is 4. The summed E-state index contributed by atoms with van der Waals surface area (Å²) in [6.45, 7) is 0. The molecule has 0 spiro atoms. The van der Waals surface area contributed by atoms with Crippen LogP contribution in [0.15, 0.2) is 73.3 Å². The summed E-state index contributed by atoms with van der Waals surface area (Å²) in [6, 6.07) is 17.4. The molecular formula is C24H14N4. The summed E-state index contributed by atoms with van der Waals surface area (Å²) >= 11 is 0. The van der Waals surface area contributed by atoms with Crippen molar-refractivity contribution in [2.75, 3.05) is 0 Å². The van der Waals surface area contributed by atoms with E-state index >= 15 is 0 Å². The van der Waals surface area contributed by atoms with E-state index in [-0.39, 0.29) is 0 Å². The smallest absolute Gasteiger partial charge is 0.147 e. The highest BCUT2D eigenvalue weighted by Crippen LogP contribution is 2.44. The lowest BCUT2D eigenvalue weighted by molar-refractivity contribution is 1.26. The van der Waals surface area contributed by atoms with Crippen molar-refractivity contribution in [3.05, 3.63) is 84.4 Å². The zero-order valence-corrected chi connectivity index (χ0v) is 14.9. The molecule has 0 fully saturated rings. The molecule has 0 saturated heterocycles. The van der Waals surface area contributed by atoms with Gasteiger partial charge in [-0.1, -0.05) is 36.4 Å². The molecule has 6 aromatic rings. The van der Waals surface area contributed by atoms with Gasteiger partial charge in [0.05, 0.1) is 23.4 Å². The van der Waals surface area contributed by atoms with Crippen LogP contribution >= 0.6 is 0 Å². The summed E-state index contributed by atoms with van der Waals surface area (Å²) in [5, 5.41) is 3.64. The Labute approximate surface area is 160 Å². The van der Waals surface area contributed by atoms with E-state index < -0.39 is 0 Å². The molecule has 0 bridgehead atoms. The predicted octanol–water partition coefficient (Wildman–Crippen LogP) is 5.16. The zero-order valence-electron chi connectivity index (χ0n) is 14.9. The van der Waals surface area contributed by atoms with Crippen LogP contribution in [0.2, 0.25) is 0 Å². The van der Waals surface area contributed by atoms with Crippen LogP contribution in [-0.4, -0.2) is 19.4 Å². The number of hydrogen-bond donors (Lipinski definition) is 0. The van der Waals surface area contributed by atoms with Crippen molar-refractivity contribution in [2.45, 2.75) is 6.42 Å². The second kappa shape index (κ2) is 4.93. The molecule has 4 aromatic heterocycles. The molecule has 0 atom stereocenters. The van der Waals surface area contributed by atoms with Crippen LogP contribution in [0.25, 0.3) is 49.5 Å². The Balaban J connectivity index is 1.84. The molecule has 1 aliphatic rings. The molecule has 2 aromatic carbocycles. The minimum absolute atomic E-state index is 0.907. The molecule has 4 heteroatoms.